The Morgan fingerprint density at radius 1 is 1.37 bits per heavy atom. The summed E-state index contributed by atoms with van der Waals surface area (Å²) in [5.74, 6) is 0.296. The average Bonchev–Trinajstić information content (AvgIpc) is 2.69. The highest BCUT2D eigenvalue weighted by molar-refractivity contribution is 5.96. The molecule has 0 saturated heterocycles. The molecule has 146 valence electrons. The molecule has 1 fully saturated rings. The Hall–Kier alpha value is -2.21. The van der Waals surface area contributed by atoms with E-state index in [4.69, 9.17) is 10.5 Å². The fourth-order valence-corrected chi connectivity index (χ4v) is 3.59. The number of nitrogens with two attached hydrogens (primary N) is 1. The number of amides is 1. The van der Waals surface area contributed by atoms with Crippen molar-refractivity contribution in [2.45, 2.75) is 57.9 Å². The molecule has 1 amide bonds. The first kappa shape index (κ1) is 19.5. The minimum Gasteiger partial charge on any atom is -0.439 e. The number of halogens is 1. The summed E-state index contributed by atoms with van der Waals surface area (Å²) in [6.07, 6.45) is 11.8. The first-order valence-electron chi connectivity index (χ1n) is 9.82. The minimum atomic E-state index is -0.557. The number of hydrogen-bond acceptors (Lipinski definition) is 4. The Bertz CT molecular complexity index is 737. The number of rotatable bonds is 6. The zero-order valence-corrected chi connectivity index (χ0v) is 15.8. The Morgan fingerprint density at radius 3 is 2.89 bits per heavy atom. The molecular weight excluding hydrogens is 345 g/mol. The largest absolute Gasteiger partial charge is 0.439 e. The van der Waals surface area contributed by atoms with E-state index in [9.17, 15) is 9.18 Å². The number of carbonyl (C=O) groups excluding carboxylic acids is 1. The predicted octanol–water partition coefficient (Wildman–Crippen LogP) is 3.86. The van der Waals surface area contributed by atoms with Gasteiger partial charge in [0.15, 0.2) is 0 Å². The van der Waals surface area contributed by atoms with Gasteiger partial charge in [0.05, 0.1) is 6.20 Å². The lowest BCUT2D eigenvalue weighted by Gasteiger charge is -2.26. The van der Waals surface area contributed by atoms with Crippen LogP contribution in [0.3, 0.4) is 0 Å². The van der Waals surface area contributed by atoms with Gasteiger partial charge in [-0.05, 0) is 69.1 Å². The smallest absolute Gasteiger partial charge is 0.256 e. The summed E-state index contributed by atoms with van der Waals surface area (Å²) in [4.78, 5) is 16.6. The SMILES string of the molecule is CCC1=CC(Oc2ncc(F)cc2C(=O)NCC2CCC(N)CC2)=CCC1. The van der Waals surface area contributed by atoms with Crippen LogP contribution in [0.25, 0.3) is 0 Å². The third-order valence-corrected chi connectivity index (χ3v) is 5.33. The number of ether oxygens (including phenoxy) is 1. The van der Waals surface area contributed by atoms with Gasteiger partial charge in [-0.15, -0.1) is 0 Å². The highest BCUT2D eigenvalue weighted by Crippen LogP contribution is 2.25. The van der Waals surface area contributed by atoms with Gasteiger partial charge in [0.2, 0.25) is 5.88 Å². The average molecular weight is 373 g/mol. The van der Waals surface area contributed by atoms with Crippen LogP contribution in [0, 0.1) is 11.7 Å². The van der Waals surface area contributed by atoms with Gasteiger partial charge in [0.1, 0.15) is 17.1 Å². The minimum absolute atomic E-state index is 0.125. The molecule has 0 unspecified atom stereocenters. The zero-order chi connectivity index (χ0) is 19.2. The van der Waals surface area contributed by atoms with Crippen molar-refractivity contribution in [1.82, 2.24) is 10.3 Å². The maximum atomic E-state index is 13.7. The highest BCUT2D eigenvalue weighted by atomic mass is 19.1. The summed E-state index contributed by atoms with van der Waals surface area (Å²) in [6, 6.07) is 1.46. The monoisotopic (exact) mass is 373 g/mol. The molecule has 0 aliphatic heterocycles. The third kappa shape index (κ3) is 5.39. The molecule has 1 saturated carbocycles. The number of aromatic nitrogens is 1. The van der Waals surface area contributed by atoms with Gasteiger partial charge in [-0.2, -0.15) is 0 Å². The summed E-state index contributed by atoms with van der Waals surface area (Å²) >= 11 is 0. The second-order valence-corrected chi connectivity index (χ2v) is 7.40. The quantitative estimate of drug-likeness (QED) is 0.794. The van der Waals surface area contributed by atoms with E-state index < -0.39 is 5.82 Å². The van der Waals surface area contributed by atoms with Gasteiger partial charge in [-0.1, -0.05) is 12.5 Å². The van der Waals surface area contributed by atoms with E-state index in [1.165, 1.54) is 11.6 Å². The topological polar surface area (TPSA) is 77.2 Å². The maximum Gasteiger partial charge on any atom is 0.256 e. The molecule has 1 aromatic rings. The Labute approximate surface area is 159 Å². The van der Waals surface area contributed by atoms with Crippen LogP contribution in [-0.2, 0) is 0 Å². The van der Waals surface area contributed by atoms with Crippen molar-refractivity contribution in [2.24, 2.45) is 11.7 Å². The van der Waals surface area contributed by atoms with Gasteiger partial charge in [0, 0.05) is 12.6 Å². The Balaban J connectivity index is 1.67. The molecule has 6 heteroatoms. The number of nitrogens with one attached hydrogen (secondary N) is 1. The molecule has 1 aromatic heterocycles. The van der Waals surface area contributed by atoms with E-state index in [1.54, 1.807) is 0 Å². The van der Waals surface area contributed by atoms with Crippen molar-refractivity contribution in [3.63, 3.8) is 0 Å². The van der Waals surface area contributed by atoms with E-state index in [1.807, 2.05) is 12.2 Å². The van der Waals surface area contributed by atoms with Crippen LogP contribution in [0.4, 0.5) is 4.39 Å². The molecule has 0 spiro atoms. The van der Waals surface area contributed by atoms with Crippen LogP contribution < -0.4 is 15.8 Å². The molecule has 2 aliphatic rings. The van der Waals surface area contributed by atoms with Crippen molar-refractivity contribution >= 4 is 5.91 Å². The zero-order valence-electron chi connectivity index (χ0n) is 15.8. The van der Waals surface area contributed by atoms with Crippen LogP contribution in [0.1, 0.15) is 62.2 Å². The number of nitrogens with zero attached hydrogens (tertiary/aromatic N) is 1. The van der Waals surface area contributed by atoms with Gasteiger partial charge in [-0.25, -0.2) is 9.37 Å². The molecule has 3 N–H and O–H groups in total. The lowest BCUT2D eigenvalue weighted by Crippen LogP contribution is -2.34. The Morgan fingerprint density at radius 2 is 2.15 bits per heavy atom. The standard InChI is InChI=1S/C21H28FN3O2/c1-2-14-4-3-5-18(10-14)27-21-19(11-16(22)13-25-21)20(26)24-12-15-6-8-17(23)9-7-15/h5,10-11,13,15,17H,2-4,6-9,12,23H2,1H3,(H,24,26). The summed E-state index contributed by atoms with van der Waals surface area (Å²) in [6.45, 7) is 2.66. The molecule has 1 heterocycles. The van der Waals surface area contributed by atoms with Gasteiger partial charge in [0.25, 0.3) is 5.91 Å². The van der Waals surface area contributed by atoms with Crippen LogP contribution in [0.5, 0.6) is 5.88 Å². The molecule has 3 rings (SSSR count). The number of carbonyl (C=O) groups is 1. The van der Waals surface area contributed by atoms with Crippen LogP contribution in [-0.4, -0.2) is 23.5 Å². The molecule has 0 radical (unpaired) electrons. The van der Waals surface area contributed by atoms with Gasteiger partial charge in [-0.3, -0.25) is 4.79 Å². The van der Waals surface area contributed by atoms with Gasteiger partial charge >= 0.3 is 0 Å². The highest BCUT2D eigenvalue weighted by Gasteiger charge is 2.21. The fraction of sp³-hybridized carbons (Fsp3) is 0.524. The normalized spacial score (nSPS) is 22.6. The Kier molecular flexibility index (Phi) is 6.61. The summed E-state index contributed by atoms with van der Waals surface area (Å²) in [5.41, 5.74) is 7.34. The maximum absolute atomic E-state index is 13.7. The van der Waals surface area contributed by atoms with Crippen molar-refractivity contribution in [3.05, 3.63) is 47.1 Å². The van der Waals surface area contributed by atoms with Gasteiger partial charge < -0.3 is 15.8 Å². The summed E-state index contributed by atoms with van der Waals surface area (Å²) in [7, 11) is 0. The van der Waals surface area contributed by atoms with Crippen molar-refractivity contribution < 1.29 is 13.9 Å². The molecule has 0 atom stereocenters. The first-order chi connectivity index (χ1) is 13.0. The number of pyridine rings is 1. The molecule has 5 nitrogen and oxygen atoms in total. The first-order valence-corrected chi connectivity index (χ1v) is 9.82. The number of allylic oxidation sites excluding steroid dienone is 3. The molecular formula is C21H28FN3O2. The molecule has 0 aromatic carbocycles. The predicted molar refractivity (Wildman–Crippen MR) is 103 cm³/mol. The van der Waals surface area contributed by atoms with E-state index in [-0.39, 0.29) is 23.4 Å². The second-order valence-electron chi connectivity index (χ2n) is 7.40. The van der Waals surface area contributed by atoms with E-state index >= 15 is 0 Å². The molecule has 0 bridgehead atoms. The van der Waals surface area contributed by atoms with Crippen LogP contribution in [0.15, 0.2) is 35.7 Å². The van der Waals surface area contributed by atoms with E-state index in [0.717, 1.165) is 51.1 Å². The molecule has 27 heavy (non-hydrogen) atoms. The lowest BCUT2D eigenvalue weighted by molar-refractivity contribution is 0.0939. The number of hydrogen-bond donors (Lipinski definition) is 2. The summed E-state index contributed by atoms with van der Waals surface area (Å²) < 4.78 is 19.5. The van der Waals surface area contributed by atoms with Crippen molar-refractivity contribution in [2.75, 3.05) is 6.54 Å². The van der Waals surface area contributed by atoms with E-state index in [0.29, 0.717) is 18.2 Å². The summed E-state index contributed by atoms with van der Waals surface area (Å²) in [5, 5.41) is 2.91. The van der Waals surface area contributed by atoms with Crippen molar-refractivity contribution in [3.8, 4) is 5.88 Å². The van der Waals surface area contributed by atoms with E-state index in [2.05, 4.69) is 17.2 Å². The fourth-order valence-electron chi connectivity index (χ4n) is 3.59. The molecule has 2 aliphatic carbocycles. The second kappa shape index (κ2) is 9.13. The van der Waals surface area contributed by atoms with Crippen molar-refractivity contribution in [1.29, 1.82) is 0 Å². The van der Waals surface area contributed by atoms with Crippen LogP contribution in [0.2, 0.25) is 0 Å². The third-order valence-electron chi connectivity index (χ3n) is 5.33. The van der Waals surface area contributed by atoms with Crippen LogP contribution >= 0.6 is 0 Å². The lowest BCUT2D eigenvalue weighted by atomic mass is 9.86.